The fourth-order valence-corrected chi connectivity index (χ4v) is 16.9. The van der Waals surface area contributed by atoms with Crippen molar-refractivity contribution in [2.75, 3.05) is 119 Å². The number of ether oxygens (including phenoxy) is 1. The van der Waals surface area contributed by atoms with E-state index in [1.807, 2.05) is 61.7 Å². The topological polar surface area (TPSA) is 202 Å². The summed E-state index contributed by atoms with van der Waals surface area (Å²) in [6, 6.07) is 51.3. The number of allylic oxidation sites excluding steroid dienone is 1. The lowest BCUT2D eigenvalue weighted by Crippen LogP contribution is -2.44. The molecule has 2 bridgehead atoms. The SMILES string of the molecule is C1=CN=CC1.C=CCOCC.C=CCON(C)C1C=C(I)CN(Cc2ccccc2)C1.C=CCON1C(=O)N2CC(I)=CC1C2.C=CCONC1C=C(I)CN(Cc2ccccc2)C1.O=C1C=C(I)CN(Cc2ccccc2)C1.O=C1C=C(OS(=O)(=O)C(F)(F)F)CN(Cc2ccccc2)C1.OC1C=C(I)CN(Cc2ccccc2)C1. The van der Waals surface area contributed by atoms with Crippen molar-refractivity contribution in [2.24, 2.45) is 4.99 Å². The molecule has 21 nitrogen and oxygen atoms in total. The molecule has 116 heavy (non-hydrogen) atoms. The van der Waals surface area contributed by atoms with Gasteiger partial charge in [0.05, 0.1) is 76.8 Å². The molecule has 0 radical (unpaired) electrons. The van der Waals surface area contributed by atoms with Crippen LogP contribution in [0.2, 0.25) is 0 Å². The summed E-state index contributed by atoms with van der Waals surface area (Å²) in [5, 5.41) is 13.0. The Hall–Kier alpha value is -5.77. The Balaban J connectivity index is 0.000000212. The zero-order valence-corrected chi connectivity index (χ0v) is 76.9. The number of aliphatic hydroxyl groups is 1. The van der Waals surface area contributed by atoms with Crippen LogP contribution in [0, 0.1) is 0 Å². The van der Waals surface area contributed by atoms with Crippen LogP contribution in [-0.2, 0) is 75.9 Å². The van der Waals surface area contributed by atoms with Crippen LogP contribution in [0.15, 0.2) is 280 Å². The minimum Gasteiger partial charge on any atom is -0.388 e. The number of hydrogen-bond acceptors (Lipinski definition) is 19. The van der Waals surface area contributed by atoms with E-state index in [0.29, 0.717) is 52.1 Å². The van der Waals surface area contributed by atoms with Crippen molar-refractivity contribution in [3.8, 4) is 0 Å². The molecular formula is C86H104F3I5N10O11S. The second-order valence-electron chi connectivity index (χ2n) is 26.9. The number of likely N-dealkylation sites (N-methyl/N-ethyl adjacent to an activating group) is 1. The maximum Gasteiger partial charge on any atom is 0.534 e. The van der Waals surface area contributed by atoms with Gasteiger partial charge in [-0.15, -0.1) is 26.3 Å². The zero-order valence-electron chi connectivity index (χ0n) is 65.3. The molecule has 626 valence electrons. The van der Waals surface area contributed by atoms with E-state index >= 15 is 0 Å². The number of alkyl halides is 3. The Kier molecular flexibility index (Phi) is 47.1. The van der Waals surface area contributed by atoms with Crippen LogP contribution in [0.1, 0.15) is 41.2 Å². The number of rotatable bonds is 26. The zero-order chi connectivity index (χ0) is 84.1. The number of ketones is 2. The highest BCUT2D eigenvalue weighted by molar-refractivity contribution is 14.1. The maximum absolute atomic E-state index is 12.3. The molecule has 4 unspecified atom stereocenters. The first kappa shape index (κ1) is 99.0. The van der Waals surface area contributed by atoms with E-state index in [1.54, 1.807) is 71.8 Å². The second kappa shape index (κ2) is 55.2. The molecule has 30 heteroatoms. The van der Waals surface area contributed by atoms with E-state index in [-0.39, 0.29) is 43.1 Å². The molecule has 8 aliphatic rings. The third kappa shape index (κ3) is 39.6. The fourth-order valence-electron chi connectivity index (χ4n) is 12.1. The summed E-state index contributed by atoms with van der Waals surface area (Å²) in [6.45, 7) is 31.6. The van der Waals surface area contributed by atoms with E-state index in [4.69, 9.17) is 19.2 Å². The molecule has 0 saturated carbocycles. The van der Waals surface area contributed by atoms with Crippen molar-refractivity contribution in [3.05, 3.63) is 302 Å². The van der Waals surface area contributed by atoms with Crippen molar-refractivity contribution in [1.29, 1.82) is 0 Å². The highest BCUT2D eigenvalue weighted by atomic mass is 127. The lowest BCUT2D eigenvalue weighted by molar-refractivity contribution is -0.151. The highest BCUT2D eigenvalue weighted by Gasteiger charge is 2.49. The smallest absolute Gasteiger partial charge is 0.388 e. The first-order valence-corrected chi connectivity index (χ1v) is 44.2. The lowest BCUT2D eigenvalue weighted by Gasteiger charge is -2.34. The van der Waals surface area contributed by atoms with Gasteiger partial charge in [-0.25, -0.2) is 4.79 Å². The minimum absolute atomic E-state index is 0.0200. The molecule has 13 rings (SSSR count). The molecule has 1 fully saturated rings. The molecule has 0 aromatic heterocycles. The summed E-state index contributed by atoms with van der Waals surface area (Å²) >= 11 is 11.6. The van der Waals surface area contributed by atoms with E-state index in [0.717, 1.165) is 107 Å². The molecular weight excluding hydrogens is 2070 g/mol. The average Bonchev–Trinajstić information content (AvgIpc) is 1.61. The van der Waals surface area contributed by atoms with Gasteiger partial charge in [0.25, 0.3) is 0 Å². The van der Waals surface area contributed by atoms with Gasteiger partial charge in [-0.2, -0.15) is 37.2 Å². The summed E-state index contributed by atoms with van der Waals surface area (Å²) in [7, 11) is -3.78. The van der Waals surface area contributed by atoms with Gasteiger partial charge in [0.2, 0.25) is 0 Å². The molecule has 8 aliphatic heterocycles. The number of nitrogens with one attached hydrogen (secondary N) is 1. The van der Waals surface area contributed by atoms with Gasteiger partial charge in [-0.05, 0) is 166 Å². The number of halogens is 8. The van der Waals surface area contributed by atoms with Crippen molar-refractivity contribution in [2.45, 2.75) is 75.8 Å². The van der Waals surface area contributed by atoms with Crippen LogP contribution in [0.3, 0.4) is 0 Å². The summed E-state index contributed by atoms with van der Waals surface area (Å²) in [5.74, 6) is -0.847. The van der Waals surface area contributed by atoms with Gasteiger partial charge in [-0.3, -0.25) is 53.6 Å². The Labute approximate surface area is 750 Å². The van der Waals surface area contributed by atoms with Crippen LogP contribution in [0.5, 0.6) is 0 Å². The fraction of sp³-hybridized carbons (Fsp3) is 0.349. The van der Waals surface area contributed by atoms with Crippen LogP contribution in [0.25, 0.3) is 0 Å². The monoisotopic (exact) mass is 2180 g/mol. The van der Waals surface area contributed by atoms with E-state index in [9.17, 15) is 41.1 Å². The summed E-state index contributed by atoms with van der Waals surface area (Å²) in [6.07, 6.45) is 24.3. The number of carbonyl (C=O) groups is 3. The van der Waals surface area contributed by atoms with Crippen molar-refractivity contribution in [1.82, 2.24) is 45.0 Å². The second-order valence-corrected chi connectivity index (χ2v) is 35.4. The quantitative estimate of drug-likeness (QED) is 0.0132. The van der Waals surface area contributed by atoms with Gasteiger partial charge in [0.1, 0.15) is 5.76 Å². The number of benzene rings is 5. The van der Waals surface area contributed by atoms with Crippen molar-refractivity contribution in [3.63, 3.8) is 0 Å². The minimum atomic E-state index is -5.76. The molecule has 0 aliphatic carbocycles. The summed E-state index contributed by atoms with van der Waals surface area (Å²) in [5.41, 5.74) is 3.65. The number of amides is 2. The van der Waals surface area contributed by atoms with Gasteiger partial charge in [-0.1, -0.05) is 194 Å². The normalized spacial score (nSPS) is 19.4. The third-order valence-electron chi connectivity index (χ3n) is 17.0. The molecule has 4 atom stereocenters. The van der Waals surface area contributed by atoms with Crippen LogP contribution in [0.4, 0.5) is 18.0 Å². The first-order valence-electron chi connectivity index (χ1n) is 37.4. The number of nitrogens with zero attached hydrogens (tertiary/aromatic N) is 9. The molecule has 5 aromatic carbocycles. The largest absolute Gasteiger partial charge is 0.534 e. The predicted molar refractivity (Wildman–Crippen MR) is 498 cm³/mol. The lowest BCUT2D eigenvalue weighted by atomic mass is 10.1. The van der Waals surface area contributed by atoms with Crippen LogP contribution < -0.4 is 5.48 Å². The van der Waals surface area contributed by atoms with Crippen LogP contribution in [-0.4, -0.2) is 225 Å². The Morgan fingerprint density at radius 2 is 0.991 bits per heavy atom. The number of carbonyl (C=O) groups excluding carboxylic acids is 3. The number of hydrogen-bond donors (Lipinski definition) is 2. The molecule has 1 saturated heterocycles. The van der Waals surface area contributed by atoms with Gasteiger partial charge in [0, 0.05) is 142 Å². The number of β-amino-alcohol motifs (C(OH)–C–C–N with tert-alkyl or cyclic N) is 1. The predicted octanol–water partition coefficient (Wildman–Crippen LogP) is 16.3. The summed E-state index contributed by atoms with van der Waals surface area (Å²) in [4.78, 5) is 67.2. The maximum atomic E-state index is 12.3. The molecule has 2 N–H and O–H groups in total. The first-order chi connectivity index (χ1) is 55.7. The van der Waals surface area contributed by atoms with E-state index < -0.39 is 27.2 Å². The number of fused-ring (bicyclic) bond motifs is 2. The van der Waals surface area contributed by atoms with Gasteiger partial charge < -0.3 is 18.9 Å². The Bertz CT molecular complexity index is 4220. The number of hydroxylamine groups is 5. The molecule has 2 amide bonds. The van der Waals surface area contributed by atoms with E-state index in [1.165, 1.54) is 46.5 Å². The Morgan fingerprint density at radius 1 is 0.543 bits per heavy atom. The molecule has 5 aromatic rings. The standard InChI is InChI=1S/C16H21IN2O.C15H19IN2O.C13H12F3NO4S.C12H14INO.C12H12INO.C9H11IN2O2.C5H10O.C4H5N/c1-3-9-20-18(2)16-10-15(17)12-19(13-16)11-14-7-5-4-6-8-14;1-2-8-19-17-15-9-14(16)11-18(12-15)10-13-6-4-3-5-7-13;14-13(15,16)22(19,20)21-12-6-11(18)8-17(9-12)7-10-4-2-1-3-5-10;2*13-11-6-12(15)9-14(8-11)7-10-4-2-1-3-5-10;1-2-3-14-12-8-4-7(10)5-11(6-8)9(12)13;1-3-5-6-4-2;1-2-4-5-3-1/h3-8,10,16H,1,9,11-13H2,2H3;2-7,9,15,17H,1,8,10-12H2;1-6H,7-9H2;1-6,12,15H,7-9H2;1-6H,7-9H2;2,4,8H,1,3,5-6H2;3H,1,4-5H2,2H3;1,3-4H,2H2. The number of aliphatic imine (C=N–C) groups is 1. The molecule has 8 heterocycles. The average molecular weight is 2180 g/mol. The van der Waals surface area contributed by atoms with Gasteiger partial charge >= 0.3 is 21.7 Å². The van der Waals surface area contributed by atoms with Gasteiger partial charge in [0.15, 0.2) is 11.6 Å². The summed E-state index contributed by atoms with van der Waals surface area (Å²) < 4.78 is 74.0. The highest BCUT2D eigenvalue weighted by Crippen LogP contribution is 2.30. The Morgan fingerprint density at radius 3 is 1.43 bits per heavy atom. The number of aliphatic hydroxyl groups excluding tert-OH is 1. The van der Waals surface area contributed by atoms with E-state index in [2.05, 4.69) is 289 Å². The van der Waals surface area contributed by atoms with Crippen molar-refractivity contribution < 1.29 is 64.5 Å². The number of urea groups is 1. The third-order valence-corrected chi connectivity index (χ3v) is 21.4. The van der Waals surface area contributed by atoms with Crippen molar-refractivity contribution >= 4 is 147 Å². The molecule has 0 spiro atoms. The van der Waals surface area contributed by atoms with Crippen LogP contribution >= 0.6 is 113 Å².